The lowest BCUT2D eigenvalue weighted by atomic mass is 10.3. The average Bonchev–Trinajstić information content (AvgIpc) is 2.34. The third kappa shape index (κ3) is 3.39. The van der Waals surface area contributed by atoms with Gasteiger partial charge >= 0.3 is 11.7 Å². The molecule has 1 aromatic rings. The van der Waals surface area contributed by atoms with Crippen molar-refractivity contribution in [2.75, 3.05) is 13.7 Å². The molecule has 0 radical (unpaired) electrons. The Bertz CT molecular complexity index is 466. The summed E-state index contributed by atoms with van der Waals surface area (Å²) in [6.45, 7) is -0.350. The van der Waals surface area contributed by atoms with E-state index in [1.165, 1.54) is 0 Å². The molecule has 0 amide bonds. The Hall–Kier alpha value is -2.22. The maximum atomic E-state index is 12.9. The van der Waals surface area contributed by atoms with Gasteiger partial charge in [0.2, 0.25) is 0 Å². The summed E-state index contributed by atoms with van der Waals surface area (Å²) in [6, 6.07) is 1.65. The molecule has 0 saturated carbocycles. The zero-order chi connectivity index (χ0) is 13.7. The normalized spacial score (nSPS) is 11.7. The van der Waals surface area contributed by atoms with E-state index in [0.717, 1.165) is 25.3 Å². The smallest absolute Gasteiger partial charge is 0.326 e. The van der Waals surface area contributed by atoms with Gasteiger partial charge in [0, 0.05) is 12.1 Å². The number of carbonyl (C=O) groups excluding carboxylic acids is 1. The molecule has 0 saturated heterocycles. The monoisotopic (exact) mass is 258 g/mol. The van der Waals surface area contributed by atoms with Gasteiger partial charge in [0.05, 0.1) is 12.0 Å². The highest BCUT2D eigenvalue weighted by atomic mass is 19.1. The number of halogens is 1. The molecule has 8 heteroatoms. The Labute approximate surface area is 101 Å². The van der Waals surface area contributed by atoms with Crippen molar-refractivity contribution in [3.05, 3.63) is 34.1 Å². The van der Waals surface area contributed by atoms with Crippen molar-refractivity contribution in [2.45, 2.75) is 6.04 Å². The fourth-order valence-electron chi connectivity index (χ4n) is 1.15. The third-order valence-corrected chi connectivity index (χ3v) is 2.04. The minimum absolute atomic E-state index is 0.292. The molecule has 0 aliphatic heterocycles. The molecule has 18 heavy (non-hydrogen) atoms. The van der Waals surface area contributed by atoms with Crippen LogP contribution in [0.15, 0.2) is 18.2 Å². The number of carbonyl (C=O) groups is 1. The van der Waals surface area contributed by atoms with Gasteiger partial charge < -0.3 is 15.2 Å². The van der Waals surface area contributed by atoms with Gasteiger partial charge in [-0.1, -0.05) is 0 Å². The van der Waals surface area contributed by atoms with Gasteiger partial charge in [-0.25, -0.2) is 4.39 Å². The van der Waals surface area contributed by atoms with E-state index < -0.39 is 28.4 Å². The quantitative estimate of drug-likeness (QED) is 0.471. The summed E-state index contributed by atoms with van der Waals surface area (Å²) >= 11 is 0. The largest absolute Gasteiger partial charge is 0.484 e. The molecule has 1 rings (SSSR count). The summed E-state index contributed by atoms with van der Waals surface area (Å²) < 4.78 is 22.2. The van der Waals surface area contributed by atoms with Crippen LogP contribution in [0.5, 0.6) is 5.75 Å². The number of methoxy groups -OCH3 is 1. The van der Waals surface area contributed by atoms with Crippen molar-refractivity contribution >= 4 is 11.7 Å². The first-order chi connectivity index (χ1) is 8.45. The maximum Gasteiger partial charge on any atom is 0.326 e. The highest BCUT2D eigenvalue weighted by molar-refractivity contribution is 5.75. The van der Waals surface area contributed by atoms with E-state index in [9.17, 15) is 19.3 Å². The first kappa shape index (κ1) is 13.8. The second kappa shape index (κ2) is 5.92. The first-order valence-corrected chi connectivity index (χ1v) is 4.86. The Kier molecular flexibility index (Phi) is 4.55. The van der Waals surface area contributed by atoms with Crippen molar-refractivity contribution in [1.29, 1.82) is 0 Å². The van der Waals surface area contributed by atoms with Crippen molar-refractivity contribution in [3.63, 3.8) is 0 Å². The van der Waals surface area contributed by atoms with Gasteiger partial charge in [-0.3, -0.25) is 14.9 Å². The molecule has 0 aliphatic carbocycles. The lowest BCUT2D eigenvalue weighted by Gasteiger charge is -2.11. The van der Waals surface area contributed by atoms with Crippen LogP contribution < -0.4 is 10.5 Å². The fraction of sp³-hybridized carbons (Fsp3) is 0.300. The van der Waals surface area contributed by atoms with Gasteiger partial charge in [0.1, 0.15) is 18.5 Å². The summed E-state index contributed by atoms with van der Waals surface area (Å²) in [5.74, 6) is -1.71. The molecule has 98 valence electrons. The standard InChI is InChI=1S/C10H11FN2O5/c1-17-10(14)7(12)5-18-9-4-6(11)2-3-8(9)13(15)16/h2-4,7H,5,12H2,1H3. The summed E-state index contributed by atoms with van der Waals surface area (Å²) in [5, 5.41) is 10.6. The van der Waals surface area contributed by atoms with Crippen molar-refractivity contribution < 1.29 is 23.6 Å². The zero-order valence-corrected chi connectivity index (χ0v) is 9.46. The van der Waals surface area contributed by atoms with Crippen LogP contribution >= 0.6 is 0 Å². The van der Waals surface area contributed by atoms with Crippen LogP contribution in [0.25, 0.3) is 0 Å². The molecule has 0 heterocycles. The molecule has 1 aromatic carbocycles. The van der Waals surface area contributed by atoms with Crippen molar-refractivity contribution in [1.82, 2.24) is 0 Å². The van der Waals surface area contributed by atoms with E-state index in [-0.39, 0.29) is 12.4 Å². The van der Waals surface area contributed by atoms with Crippen LogP contribution in [-0.2, 0) is 9.53 Å². The summed E-state index contributed by atoms with van der Waals surface area (Å²) in [7, 11) is 1.15. The van der Waals surface area contributed by atoms with Gasteiger partial charge in [-0.05, 0) is 6.07 Å². The molecule has 2 N–H and O–H groups in total. The fourth-order valence-corrected chi connectivity index (χ4v) is 1.15. The lowest BCUT2D eigenvalue weighted by Crippen LogP contribution is -2.37. The second-order valence-corrected chi connectivity index (χ2v) is 3.31. The van der Waals surface area contributed by atoms with Crippen LogP contribution in [-0.4, -0.2) is 30.7 Å². The summed E-state index contributed by atoms with van der Waals surface area (Å²) in [4.78, 5) is 20.9. The SMILES string of the molecule is COC(=O)C(N)COc1cc(F)ccc1[N+](=O)[O-]. The van der Waals surface area contributed by atoms with E-state index in [1.54, 1.807) is 0 Å². The first-order valence-electron chi connectivity index (χ1n) is 4.86. The molecule has 0 spiro atoms. The number of ether oxygens (including phenoxy) is 2. The Morgan fingerprint density at radius 1 is 1.61 bits per heavy atom. The molecule has 0 aliphatic rings. The van der Waals surface area contributed by atoms with E-state index >= 15 is 0 Å². The maximum absolute atomic E-state index is 12.9. The number of nitro groups is 1. The molecular formula is C10H11FN2O5. The van der Waals surface area contributed by atoms with Crippen molar-refractivity contribution in [3.8, 4) is 5.75 Å². The lowest BCUT2D eigenvalue weighted by molar-refractivity contribution is -0.385. The highest BCUT2D eigenvalue weighted by Crippen LogP contribution is 2.27. The Balaban J connectivity index is 2.80. The van der Waals surface area contributed by atoms with Crippen molar-refractivity contribution in [2.24, 2.45) is 5.73 Å². The van der Waals surface area contributed by atoms with Gasteiger partial charge in [0.25, 0.3) is 0 Å². The number of esters is 1. The van der Waals surface area contributed by atoms with Crippen LogP contribution in [0.3, 0.4) is 0 Å². The molecule has 1 unspecified atom stereocenters. The van der Waals surface area contributed by atoms with E-state index in [1.807, 2.05) is 0 Å². The van der Waals surface area contributed by atoms with E-state index in [4.69, 9.17) is 10.5 Å². The molecule has 0 bridgehead atoms. The number of hydrogen-bond donors (Lipinski definition) is 1. The Morgan fingerprint density at radius 3 is 2.83 bits per heavy atom. The number of nitrogens with two attached hydrogens (primary N) is 1. The van der Waals surface area contributed by atoms with E-state index in [0.29, 0.717) is 0 Å². The minimum Gasteiger partial charge on any atom is -0.484 e. The molecule has 1 atom stereocenters. The molecule has 0 fully saturated rings. The third-order valence-electron chi connectivity index (χ3n) is 2.04. The second-order valence-electron chi connectivity index (χ2n) is 3.31. The summed E-state index contributed by atoms with van der Waals surface area (Å²) in [5.41, 5.74) is 4.97. The molecule has 7 nitrogen and oxygen atoms in total. The van der Waals surface area contributed by atoms with E-state index in [2.05, 4.69) is 4.74 Å². The zero-order valence-electron chi connectivity index (χ0n) is 9.46. The highest BCUT2D eigenvalue weighted by Gasteiger charge is 2.19. The van der Waals surface area contributed by atoms with Gasteiger partial charge in [-0.2, -0.15) is 0 Å². The summed E-state index contributed by atoms with van der Waals surface area (Å²) in [6.07, 6.45) is 0. The van der Waals surface area contributed by atoms with Gasteiger partial charge in [0.15, 0.2) is 5.75 Å². The number of nitrogens with zero attached hydrogens (tertiary/aromatic N) is 1. The van der Waals surface area contributed by atoms with Crippen LogP contribution in [0.1, 0.15) is 0 Å². The number of rotatable bonds is 5. The number of benzene rings is 1. The van der Waals surface area contributed by atoms with Crippen LogP contribution in [0.2, 0.25) is 0 Å². The number of hydrogen-bond acceptors (Lipinski definition) is 6. The van der Waals surface area contributed by atoms with Crippen LogP contribution in [0.4, 0.5) is 10.1 Å². The predicted octanol–water partition coefficient (Wildman–Crippen LogP) is 0.613. The van der Waals surface area contributed by atoms with Crippen LogP contribution in [0, 0.1) is 15.9 Å². The average molecular weight is 258 g/mol. The molecular weight excluding hydrogens is 247 g/mol. The number of nitro benzene ring substituents is 1. The van der Waals surface area contributed by atoms with Gasteiger partial charge in [-0.15, -0.1) is 0 Å². The Morgan fingerprint density at radius 2 is 2.28 bits per heavy atom. The topological polar surface area (TPSA) is 105 Å². The predicted molar refractivity (Wildman–Crippen MR) is 58.5 cm³/mol. The minimum atomic E-state index is -1.10. The molecule has 0 aromatic heterocycles.